The Morgan fingerprint density at radius 3 is 2.64 bits per heavy atom. The van der Waals surface area contributed by atoms with E-state index < -0.39 is 0 Å². The van der Waals surface area contributed by atoms with Crippen molar-refractivity contribution in [1.29, 1.82) is 0 Å². The molecule has 0 spiro atoms. The van der Waals surface area contributed by atoms with Gasteiger partial charge in [-0.05, 0) is 50.7 Å². The monoisotopic (exact) mass is 378 g/mol. The third-order valence-corrected chi connectivity index (χ3v) is 5.93. The second-order valence-electron chi connectivity index (χ2n) is 7.95. The lowest BCUT2D eigenvalue weighted by Crippen LogP contribution is -2.39. The van der Waals surface area contributed by atoms with Gasteiger partial charge in [0.05, 0.1) is 6.04 Å². The predicted octanol–water partition coefficient (Wildman–Crippen LogP) is 4.43. The average molecular weight is 379 g/mol. The molecule has 0 bridgehead atoms. The number of hydrogen-bond acceptors (Lipinski definition) is 3. The summed E-state index contributed by atoms with van der Waals surface area (Å²) in [6.07, 6.45) is 7.66. The molecule has 0 saturated carbocycles. The van der Waals surface area contributed by atoms with Crippen LogP contribution in [0.4, 0.5) is 10.6 Å². The zero-order valence-electron chi connectivity index (χ0n) is 16.7. The molecule has 5 heteroatoms. The Bertz CT molecular complexity index is 799. The zero-order valence-corrected chi connectivity index (χ0v) is 16.7. The molecule has 2 aliphatic rings. The van der Waals surface area contributed by atoms with Crippen molar-refractivity contribution in [3.63, 3.8) is 0 Å². The number of aromatic nitrogens is 1. The largest absolute Gasteiger partial charge is 0.356 e. The van der Waals surface area contributed by atoms with Crippen molar-refractivity contribution in [3.05, 3.63) is 59.3 Å². The molecular weight excluding hydrogens is 348 g/mol. The second kappa shape index (κ2) is 8.63. The van der Waals surface area contributed by atoms with Gasteiger partial charge in [0.15, 0.2) is 0 Å². The van der Waals surface area contributed by atoms with Crippen LogP contribution in [0.25, 0.3) is 0 Å². The molecule has 1 unspecified atom stereocenters. The Kier molecular flexibility index (Phi) is 5.79. The Hall–Kier alpha value is -2.56. The van der Waals surface area contributed by atoms with E-state index in [9.17, 15) is 4.79 Å². The van der Waals surface area contributed by atoms with Gasteiger partial charge in [-0.15, -0.1) is 0 Å². The molecule has 1 aromatic heterocycles. The number of nitrogens with one attached hydrogen (secondary N) is 1. The Labute approximate surface area is 167 Å². The van der Waals surface area contributed by atoms with Gasteiger partial charge in [0.1, 0.15) is 5.82 Å². The van der Waals surface area contributed by atoms with E-state index in [0.29, 0.717) is 6.54 Å². The highest BCUT2D eigenvalue weighted by molar-refractivity contribution is 5.75. The van der Waals surface area contributed by atoms with Gasteiger partial charge in [-0.25, -0.2) is 9.78 Å². The zero-order chi connectivity index (χ0) is 19.3. The van der Waals surface area contributed by atoms with Crippen molar-refractivity contribution < 1.29 is 4.79 Å². The Balaban J connectivity index is 1.42. The van der Waals surface area contributed by atoms with Crippen molar-refractivity contribution in [3.8, 4) is 0 Å². The number of aryl methyl sites for hydroxylation is 1. The van der Waals surface area contributed by atoms with Crippen LogP contribution in [0.5, 0.6) is 0 Å². The van der Waals surface area contributed by atoms with Crippen LogP contribution in [0.2, 0.25) is 0 Å². The number of benzene rings is 1. The first-order chi connectivity index (χ1) is 13.7. The lowest BCUT2D eigenvalue weighted by Gasteiger charge is -2.30. The molecule has 2 fully saturated rings. The molecule has 2 saturated heterocycles. The number of rotatable bonds is 4. The number of piperidine rings is 1. The maximum absolute atomic E-state index is 12.9. The summed E-state index contributed by atoms with van der Waals surface area (Å²) in [5, 5.41) is 3.15. The smallest absolute Gasteiger partial charge is 0.318 e. The van der Waals surface area contributed by atoms with E-state index in [-0.39, 0.29) is 12.1 Å². The summed E-state index contributed by atoms with van der Waals surface area (Å²) in [4.78, 5) is 21.9. The molecule has 2 aliphatic heterocycles. The molecular formula is C23H30N4O. The van der Waals surface area contributed by atoms with Crippen molar-refractivity contribution in [1.82, 2.24) is 15.2 Å². The van der Waals surface area contributed by atoms with Gasteiger partial charge in [0.25, 0.3) is 0 Å². The Morgan fingerprint density at radius 1 is 1.07 bits per heavy atom. The van der Waals surface area contributed by atoms with Crippen LogP contribution >= 0.6 is 0 Å². The third kappa shape index (κ3) is 4.13. The van der Waals surface area contributed by atoms with Crippen LogP contribution in [-0.4, -0.2) is 35.5 Å². The van der Waals surface area contributed by atoms with E-state index in [4.69, 9.17) is 0 Å². The van der Waals surface area contributed by atoms with Crippen molar-refractivity contribution in [2.24, 2.45) is 0 Å². The van der Waals surface area contributed by atoms with Gasteiger partial charge in [-0.2, -0.15) is 0 Å². The maximum Gasteiger partial charge on any atom is 0.318 e. The van der Waals surface area contributed by atoms with Gasteiger partial charge in [-0.3, -0.25) is 0 Å². The van der Waals surface area contributed by atoms with Crippen molar-refractivity contribution >= 4 is 11.8 Å². The van der Waals surface area contributed by atoms with E-state index in [1.165, 1.54) is 30.4 Å². The molecule has 1 N–H and O–H groups in total. The summed E-state index contributed by atoms with van der Waals surface area (Å²) in [6.45, 7) is 5.54. The molecule has 148 valence electrons. The number of nitrogens with zero attached hydrogens (tertiary/aromatic N) is 3. The minimum absolute atomic E-state index is 0.0246. The highest BCUT2D eigenvalue weighted by Gasteiger charge is 2.30. The number of amides is 2. The minimum atomic E-state index is 0.0246. The summed E-state index contributed by atoms with van der Waals surface area (Å²) in [6, 6.07) is 12.8. The number of carbonyl (C=O) groups excluding carboxylic acids is 1. The van der Waals surface area contributed by atoms with Gasteiger partial charge in [0.2, 0.25) is 0 Å². The van der Waals surface area contributed by atoms with Crippen LogP contribution in [0.15, 0.2) is 42.6 Å². The molecule has 2 amide bonds. The highest BCUT2D eigenvalue weighted by atomic mass is 16.2. The summed E-state index contributed by atoms with van der Waals surface area (Å²) >= 11 is 0. The summed E-state index contributed by atoms with van der Waals surface area (Å²) < 4.78 is 0. The fourth-order valence-electron chi connectivity index (χ4n) is 4.38. The molecule has 28 heavy (non-hydrogen) atoms. The molecule has 3 heterocycles. The molecule has 2 aromatic rings. The molecule has 5 nitrogen and oxygen atoms in total. The van der Waals surface area contributed by atoms with Crippen LogP contribution in [0, 0.1) is 6.92 Å². The van der Waals surface area contributed by atoms with E-state index in [0.717, 1.165) is 43.9 Å². The van der Waals surface area contributed by atoms with Gasteiger partial charge in [-0.1, -0.05) is 35.9 Å². The number of carbonyl (C=O) groups is 1. The SMILES string of the molecule is Cc1ccc(C2CCCN2C(=O)NCc2cccnc2N2CCCCC2)cc1. The Morgan fingerprint density at radius 2 is 1.86 bits per heavy atom. The summed E-state index contributed by atoms with van der Waals surface area (Å²) in [5.74, 6) is 1.03. The average Bonchev–Trinajstić information content (AvgIpc) is 3.23. The van der Waals surface area contributed by atoms with E-state index in [2.05, 4.69) is 52.5 Å². The quantitative estimate of drug-likeness (QED) is 0.856. The van der Waals surface area contributed by atoms with Crippen LogP contribution in [-0.2, 0) is 6.54 Å². The molecule has 1 aromatic carbocycles. The van der Waals surface area contributed by atoms with E-state index >= 15 is 0 Å². The second-order valence-corrected chi connectivity index (χ2v) is 7.95. The van der Waals surface area contributed by atoms with Gasteiger partial charge < -0.3 is 15.1 Å². The number of urea groups is 1. The van der Waals surface area contributed by atoms with Crippen LogP contribution < -0.4 is 10.2 Å². The minimum Gasteiger partial charge on any atom is -0.356 e. The molecule has 1 atom stereocenters. The fourth-order valence-corrected chi connectivity index (χ4v) is 4.38. The standard InChI is InChI=1S/C23H30N4O/c1-18-9-11-19(12-10-18)21-8-6-16-27(21)23(28)25-17-20-7-5-13-24-22(20)26-14-3-2-4-15-26/h5,7,9-13,21H,2-4,6,8,14-17H2,1H3,(H,25,28). The number of pyridine rings is 1. The third-order valence-electron chi connectivity index (χ3n) is 5.93. The lowest BCUT2D eigenvalue weighted by molar-refractivity contribution is 0.192. The molecule has 4 rings (SSSR count). The van der Waals surface area contributed by atoms with Crippen molar-refractivity contribution in [2.45, 2.75) is 51.6 Å². The molecule has 0 aliphatic carbocycles. The number of anilines is 1. The fraction of sp³-hybridized carbons (Fsp3) is 0.478. The molecule has 0 radical (unpaired) electrons. The first-order valence-corrected chi connectivity index (χ1v) is 10.5. The summed E-state index contributed by atoms with van der Waals surface area (Å²) in [5.41, 5.74) is 3.58. The predicted molar refractivity (Wildman–Crippen MR) is 112 cm³/mol. The van der Waals surface area contributed by atoms with Crippen molar-refractivity contribution in [2.75, 3.05) is 24.5 Å². The first kappa shape index (κ1) is 18.8. The normalized spacial score (nSPS) is 19.7. The highest BCUT2D eigenvalue weighted by Crippen LogP contribution is 2.32. The van der Waals surface area contributed by atoms with Gasteiger partial charge >= 0.3 is 6.03 Å². The van der Waals surface area contributed by atoms with Crippen LogP contribution in [0.1, 0.15) is 54.8 Å². The number of likely N-dealkylation sites (tertiary alicyclic amines) is 1. The maximum atomic E-state index is 12.9. The number of hydrogen-bond donors (Lipinski definition) is 1. The van der Waals surface area contributed by atoms with Crippen LogP contribution in [0.3, 0.4) is 0 Å². The van der Waals surface area contributed by atoms with E-state index in [1.807, 2.05) is 17.2 Å². The first-order valence-electron chi connectivity index (χ1n) is 10.5. The topological polar surface area (TPSA) is 48.5 Å². The van der Waals surface area contributed by atoms with E-state index in [1.54, 1.807) is 0 Å². The van der Waals surface area contributed by atoms with Gasteiger partial charge in [0, 0.05) is 37.9 Å². The summed E-state index contributed by atoms with van der Waals surface area (Å²) in [7, 11) is 0. The lowest BCUT2D eigenvalue weighted by atomic mass is 10.0.